The van der Waals surface area contributed by atoms with Gasteiger partial charge in [0.1, 0.15) is 6.10 Å². The maximum Gasteiger partial charge on any atom is 0.407 e. The molecule has 0 saturated heterocycles. The van der Waals surface area contributed by atoms with Gasteiger partial charge in [-0.05, 0) is 130 Å². The Hall–Kier alpha value is -2.09. The Labute approximate surface area is 419 Å². The van der Waals surface area contributed by atoms with Gasteiger partial charge in [0.05, 0.1) is 6.54 Å². The topological polar surface area (TPSA) is 114 Å². The van der Waals surface area contributed by atoms with Gasteiger partial charge in [0.25, 0.3) is 0 Å². The lowest BCUT2D eigenvalue weighted by Crippen LogP contribution is -2.51. The molecule has 0 aromatic rings. The first kappa shape index (κ1) is 58.5. The SMILES string of the molecule is CCCCCCCCCCCCCCCCCCCC(=O)N(CCCCCCNC(=O)O[C@H]1CC[C@@]2(C)C(=CC[C@H]3[C@@H]4CC[C@H]([C@H](C)CCCC(C)C)[C@@]4(C)CC[C@@H]32)C1)CC(=O)NCCCCN. The van der Waals surface area contributed by atoms with E-state index < -0.39 is 0 Å². The minimum absolute atomic E-state index is 0.0345. The van der Waals surface area contributed by atoms with Gasteiger partial charge >= 0.3 is 6.09 Å². The number of fused-ring (bicyclic) bond motifs is 5. The second-order valence-electron chi connectivity index (χ2n) is 24.0. The van der Waals surface area contributed by atoms with Crippen LogP contribution >= 0.6 is 0 Å². The van der Waals surface area contributed by atoms with E-state index in [-0.39, 0.29) is 36.0 Å². The van der Waals surface area contributed by atoms with Crippen LogP contribution in [0.2, 0.25) is 0 Å². The van der Waals surface area contributed by atoms with E-state index in [4.69, 9.17) is 10.5 Å². The zero-order valence-corrected chi connectivity index (χ0v) is 45.6. The van der Waals surface area contributed by atoms with Crippen molar-refractivity contribution in [3.63, 3.8) is 0 Å². The predicted molar refractivity (Wildman–Crippen MR) is 286 cm³/mol. The Balaban J connectivity index is 1.08. The molecule has 3 saturated carbocycles. The number of hydrogen-bond acceptors (Lipinski definition) is 5. The first-order valence-electron chi connectivity index (χ1n) is 29.8. The van der Waals surface area contributed by atoms with Crippen molar-refractivity contribution < 1.29 is 19.1 Å². The Morgan fingerprint density at radius 3 is 1.94 bits per heavy atom. The van der Waals surface area contributed by atoms with Crippen molar-refractivity contribution in [3.8, 4) is 0 Å². The minimum atomic E-state index is -0.278. The van der Waals surface area contributed by atoms with Crippen LogP contribution in [0.3, 0.4) is 0 Å². The summed E-state index contributed by atoms with van der Waals surface area (Å²) in [5, 5.41) is 6.04. The highest BCUT2D eigenvalue weighted by Gasteiger charge is 2.59. The Morgan fingerprint density at radius 2 is 1.29 bits per heavy atom. The van der Waals surface area contributed by atoms with E-state index in [2.05, 4.69) is 58.3 Å². The Morgan fingerprint density at radius 1 is 0.691 bits per heavy atom. The summed E-state index contributed by atoms with van der Waals surface area (Å²) in [7, 11) is 0. The van der Waals surface area contributed by atoms with Crippen LogP contribution in [0.5, 0.6) is 0 Å². The van der Waals surface area contributed by atoms with Gasteiger partial charge in [0, 0.05) is 32.5 Å². The summed E-state index contributed by atoms with van der Waals surface area (Å²) in [6.07, 6.45) is 44.6. The molecule has 4 aliphatic rings. The number of carbonyl (C=O) groups excluding carboxylic acids is 3. The molecule has 8 nitrogen and oxygen atoms in total. The van der Waals surface area contributed by atoms with Crippen molar-refractivity contribution in [1.29, 1.82) is 0 Å². The number of nitrogens with two attached hydrogens (primary N) is 1. The fourth-order valence-corrected chi connectivity index (χ4v) is 14.1. The standard InChI is InChI=1S/C60H110N4O4/c1-7-8-9-10-11-12-13-14-15-16-17-18-19-20-21-22-25-33-57(66)64(47-56(65)62-43-28-26-42-61)45-29-24-23-27-44-63-58(67)68-51-38-40-59(5)50(46-51)34-35-52-54-37-36-53(49(4)32-30-31-48(2)3)60(54,6)41-39-55(52)59/h34,48-49,51-55H,7-33,35-47,61H2,1-6H3,(H,62,65)(H,63,67)/t49-,51+,52+,53-,54+,55+,59+,60-/m1/s1. The average Bonchev–Trinajstić information content (AvgIpc) is 3.68. The van der Waals surface area contributed by atoms with Crippen LogP contribution in [0.4, 0.5) is 4.79 Å². The molecule has 0 aromatic heterocycles. The van der Waals surface area contributed by atoms with E-state index in [0.29, 0.717) is 38.0 Å². The molecule has 3 fully saturated rings. The van der Waals surface area contributed by atoms with Gasteiger partial charge in [-0.15, -0.1) is 0 Å². The molecule has 4 rings (SSSR count). The highest BCUT2D eigenvalue weighted by atomic mass is 16.6. The van der Waals surface area contributed by atoms with Crippen LogP contribution in [0, 0.1) is 46.3 Å². The lowest BCUT2D eigenvalue weighted by molar-refractivity contribution is -0.136. The van der Waals surface area contributed by atoms with Crippen molar-refractivity contribution in [3.05, 3.63) is 11.6 Å². The maximum absolute atomic E-state index is 13.4. The van der Waals surface area contributed by atoms with Gasteiger partial charge in [-0.2, -0.15) is 0 Å². The number of nitrogens with one attached hydrogen (secondary N) is 2. The van der Waals surface area contributed by atoms with Crippen molar-refractivity contribution in [1.82, 2.24) is 15.5 Å². The zero-order chi connectivity index (χ0) is 49.0. The summed E-state index contributed by atoms with van der Waals surface area (Å²) in [6, 6.07) is 0. The zero-order valence-electron chi connectivity index (χ0n) is 45.6. The summed E-state index contributed by atoms with van der Waals surface area (Å²) >= 11 is 0. The fraction of sp³-hybridized carbons (Fsp3) is 0.917. The smallest absolute Gasteiger partial charge is 0.407 e. The number of allylic oxidation sites excluding steroid dienone is 1. The molecular weight excluding hydrogens is 841 g/mol. The molecule has 3 amide bonds. The number of unbranched alkanes of at least 4 members (excludes halogenated alkanes) is 20. The van der Waals surface area contributed by atoms with Crippen molar-refractivity contribution in [2.75, 3.05) is 32.7 Å². The molecule has 0 aliphatic heterocycles. The normalized spacial score (nSPS) is 25.8. The first-order chi connectivity index (χ1) is 32.9. The van der Waals surface area contributed by atoms with Gasteiger partial charge in [0.15, 0.2) is 0 Å². The second-order valence-corrected chi connectivity index (χ2v) is 24.0. The monoisotopic (exact) mass is 951 g/mol. The van der Waals surface area contributed by atoms with Crippen molar-refractivity contribution in [2.45, 2.75) is 272 Å². The number of alkyl carbamates (subject to hydrolysis) is 1. The molecule has 0 radical (unpaired) electrons. The predicted octanol–water partition coefficient (Wildman–Crippen LogP) is 15.4. The first-order valence-corrected chi connectivity index (χ1v) is 29.8. The Bertz CT molecular complexity index is 1430. The number of amides is 3. The van der Waals surface area contributed by atoms with Gasteiger partial charge in [-0.25, -0.2) is 4.79 Å². The van der Waals surface area contributed by atoms with Crippen molar-refractivity contribution >= 4 is 17.9 Å². The lowest BCUT2D eigenvalue weighted by Gasteiger charge is -2.58. The summed E-state index contributed by atoms with van der Waals surface area (Å²) < 4.78 is 6.08. The lowest BCUT2D eigenvalue weighted by atomic mass is 9.47. The van der Waals surface area contributed by atoms with Crippen LogP contribution in [-0.2, 0) is 14.3 Å². The summed E-state index contributed by atoms with van der Waals surface area (Å²) in [5.41, 5.74) is 7.96. The number of nitrogens with zero attached hydrogens (tertiary/aromatic N) is 1. The summed E-state index contributed by atoms with van der Waals surface area (Å²) in [4.78, 5) is 41.0. The van der Waals surface area contributed by atoms with E-state index in [9.17, 15) is 14.4 Å². The molecule has 68 heavy (non-hydrogen) atoms. The molecule has 4 aliphatic carbocycles. The molecule has 0 heterocycles. The van der Waals surface area contributed by atoms with Gasteiger partial charge < -0.3 is 26.0 Å². The molecule has 394 valence electrons. The third-order valence-corrected chi connectivity index (χ3v) is 18.3. The minimum Gasteiger partial charge on any atom is -0.446 e. The molecular formula is C60H110N4O4. The van der Waals surface area contributed by atoms with E-state index in [1.807, 2.05) is 0 Å². The van der Waals surface area contributed by atoms with Crippen LogP contribution in [-0.4, -0.2) is 61.6 Å². The fourth-order valence-electron chi connectivity index (χ4n) is 14.1. The number of ether oxygens (including phenoxy) is 1. The van der Waals surface area contributed by atoms with Gasteiger partial charge in [-0.1, -0.05) is 188 Å². The highest BCUT2D eigenvalue weighted by Crippen LogP contribution is 2.67. The van der Waals surface area contributed by atoms with E-state index in [1.165, 1.54) is 148 Å². The third kappa shape index (κ3) is 19.8. The van der Waals surface area contributed by atoms with Crippen LogP contribution in [0.15, 0.2) is 11.6 Å². The van der Waals surface area contributed by atoms with Crippen LogP contribution in [0.25, 0.3) is 0 Å². The number of hydrogen-bond donors (Lipinski definition) is 3. The highest BCUT2D eigenvalue weighted by molar-refractivity contribution is 5.84. The second kappa shape index (κ2) is 32.8. The third-order valence-electron chi connectivity index (χ3n) is 18.3. The number of rotatable bonds is 37. The maximum atomic E-state index is 13.4. The van der Waals surface area contributed by atoms with Crippen molar-refractivity contribution in [2.24, 2.45) is 52.1 Å². The van der Waals surface area contributed by atoms with Crippen LogP contribution < -0.4 is 16.4 Å². The summed E-state index contributed by atoms with van der Waals surface area (Å²) in [5.74, 6) is 5.00. The Kier molecular flexibility index (Phi) is 28.2. The van der Waals surface area contributed by atoms with E-state index in [1.54, 1.807) is 10.5 Å². The van der Waals surface area contributed by atoms with Gasteiger partial charge in [0.2, 0.25) is 11.8 Å². The largest absolute Gasteiger partial charge is 0.446 e. The molecule has 8 heteroatoms. The molecule has 0 bridgehead atoms. The van der Waals surface area contributed by atoms with Crippen LogP contribution in [0.1, 0.15) is 266 Å². The average molecular weight is 952 g/mol. The van der Waals surface area contributed by atoms with Gasteiger partial charge in [-0.3, -0.25) is 9.59 Å². The molecule has 4 N–H and O–H groups in total. The molecule has 0 unspecified atom stereocenters. The molecule has 0 spiro atoms. The number of carbonyl (C=O) groups is 3. The molecule has 0 aromatic carbocycles. The van der Waals surface area contributed by atoms with E-state index in [0.717, 1.165) is 106 Å². The molecule has 8 atom stereocenters. The quantitative estimate of drug-likeness (QED) is 0.0424. The van der Waals surface area contributed by atoms with E-state index >= 15 is 0 Å². The summed E-state index contributed by atoms with van der Waals surface area (Å²) in [6.45, 7) is 17.4.